The molecule has 0 amide bonds. The van der Waals surface area contributed by atoms with Crippen molar-refractivity contribution in [3.8, 4) is 39.9 Å². The lowest BCUT2D eigenvalue weighted by Crippen LogP contribution is -2.01. The van der Waals surface area contributed by atoms with Crippen molar-refractivity contribution in [2.45, 2.75) is 12.8 Å². The van der Waals surface area contributed by atoms with E-state index in [1.807, 2.05) is 47.7 Å². The van der Waals surface area contributed by atoms with Crippen LogP contribution in [0.2, 0.25) is 0 Å². The number of rotatable bonds is 4. The van der Waals surface area contributed by atoms with Gasteiger partial charge in [0.05, 0.1) is 11.0 Å². The van der Waals surface area contributed by atoms with Crippen molar-refractivity contribution >= 4 is 102 Å². The molecule has 5 nitrogen and oxygen atoms in total. The maximum absolute atomic E-state index is 6.53. The lowest BCUT2D eigenvalue weighted by atomic mass is 9.97. The van der Waals surface area contributed by atoms with Gasteiger partial charge in [0.1, 0.15) is 11.3 Å². The van der Waals surface area contributed by atoms with E-state index < -0.39 is 0 Å². The van der Waals surface area contributed by atoms with Gasteiger partial charge < -0.3 is 8.98 Å². The highest BCUT2D eigenvalue weighted by atomic mass is 32.1. The van der Waals surface area contributed by atoms with Gasteiger partial charge in [0.25, 0.3) is 0 Å². The van der Waals surface area contributed by atoms with E-state index in [9.17, 15) is 0 Å². The summed E-state index contributed by atoms with van der Waals surface area (Å²) >= 11 is 3.69. The predicted octanol–water partition coefficient (Wildman–Crippen LogP) is 14.4. The normalized spacial score (nSPS) is 13.0. The van der Waals surface area contributed by atoms with Crippen LogP contribution < -0.4 is 0 Å². The van der Waals surface area contributed by atoms with E-state index in [-0.39, 0.29) is 0 Å². The van der Waals surface area contributed by atoms with Crippen molar-refractivity contribution in [2.75, 3.05) is 0 Å². The Morgan fingerprint density at radius 1 is 0.517 bits per heavy atom. The van der Waals surface area contributed by atoms with Gasteiger partial charge in [0.2, 0.25) is 0 Å². The molecule has 0 unspecified atom stereocenters. The second kappa shape index (κ2) is 12.3. The number of nitrogens with zero attached hydrogens (tertiary/aromatic N) is 4. The fourth-order valence-corrected chi connectivity index (χ4v) is 11.6. The first-order valence-corrected chi connectivity index (χ1v) is 21.2. The number of fused-ring (bicyclic) bond motifs is 14. The van der Waals surface area contributed by atoms with Crippen molar-refractivity contribution in [3.05, 3.63) is 163 Å². The predicted molar refractivity (Wildman–Crippen MR) is 243 cm³/mol. The topological polar surface area (TPSA) is 56.7 Å². The molecule has 0 aliphatic heterocycles. The van der Waals surface area contributed by atoms with Crippen LogP contribution in [0.4, 0.5) is 0 Å². The Balaban J connectivity index is 1.18. The molecule has 5 heterocycles. The highest BCUT2D eigenvalue weighted by Gasteiger charge is 2.25. The molecule has 13 rings (SSSR count). The highest BCUT2D eigenvalue weighted by molar-refractivity contribution is 7.27. The largest absolute Gasteiger partial charge is 0.456 e. The molecule has 5 aromatic heterocycles. The van der Waals surface area contributed by atoms with Gasteiger partial charge in [-0.25, -0.2) is 15.0 Å². The Morgan fingerprint density at radius 3 is 2.03 bits per heavy atom. The summed E-state index contributed by atoms with van der Waals surface area (Å²) < 4.78 is 14.0. The molecule has 0 saturated carbocycles. The minimum atomic E-state index is 0.645. The molecule has 0 radical (unpaired) electrons. The third kappa shape index (κ3) is 4.66. The van der Waals surface area contributed by atoms with Crippen LogP contribution in [-0.4, -0.2) is 19.5 Å². The molecule has 7 heteroatoms. The number of aromatic nitrogens is 4. The summed E-state index contributed by atoms with van der Waals surface area (Å²) in [6.07, 6.45) is 6.31. The number of benzene rings is 7. The molecule has 12 aromatic rings. The minimum Gasteiger partial charge on any atom is -0.456 e. The van der Waals surface area contributed by atoms with Crippen LogP contribution in [0.1, 0.15) is 17.7 Å². The molecule has 1 aliphatic rings. The average Bonchev–Trinajstić information content (AvgIpc) is 4.05. The molecule has 7 aromatic carbocycles. The van der Waals surface area contributed by atoms with Gasteiger partial charge >= 0.3 is 0 Å². The molecular formula is C51H30N4OS2. The molecule has 1 aliphatic carbocycles. The van der Waals surface area contributed by atoms with Gasteiger partial charge in [-0.3, -0.25) is 0 Å². The van der Waals surface area contributed by atoms with Gasteiger partial charge in [0.15, 0.2) is 17.5 Å². The first-order chi connectivity index (χ1) is 28.7. The first kappa shape index (κ1) is 32.2. The maximum Gasteiger partial charge on any atom is 0.165 e. The quantitative estimate of drug-likeness (QED) is 0.179. The highest BCUT2D eigenvalue weighted by Crippen LogP contribution is 2.48. The fourth-order valence-electron chi connectivity index (χ4n) is 9.16. The third-order valence-electron chi connectivity index (χ3n) is 11.7. The van der Waals surface area contributed by atoms with E-state index >= 15 is 0 Å². The van der Waals surface area contributed by atoms with E-state index in [1.165, 1.54) is 62.9 Å². The van der Waals surface area contributed by atoms with Gasteiger partial charge in [-0.05, 0) is 61.4 Å². The number of allylic oxidation sites excluding steroid dienone is 1. The van der Waals surface area contributed by atoms with Crippen LogP contribution in [0, 0.1) is 0 Å². The number of aryl methyl sites for hydroxylation is 1. The summed E-state index contributed by atoms with van der Waals surface area (Å²) in [5.74, 6) is 2.90. The minimum absolute atomic E-state index is 0.645. The monoisotopic (exact) mass is 778 g/mol. The summed E-state index contributed by atoms with van der Waals surface area (Å²) in [4.78, 5) is 15.7. The molecule has 0 spiro atoms. The van der Waals surface area contributed by atoms with Crippen molar-refractivity contribution < 1.29 is 4.42 Å². The Bertz CT molecular complexity index is 3630. The van der Waals surface area contributed by atoms with Crippen LogP contribution in [0.25, 0.3) is 119 Å². The summed E-state index contributed by atoms with van der Waals surface area (Å²) in [6, 6.07) is 51.8. The summed E-state index contributed by atoms with van der Waals surface area (Å²) in [6.45, 7) is 0. The van der Waals surface area contributed by atoms with Crippen LogP contribution in [0.3, 0.4) is 0 Å². The second-order valence-electron chi connectivity index (χ2n) is 15.0. The zero-order valence-electron chi connectivity index (χ0n) is 30.9. The summed E-state index contributed by atoms with van der Waals surface area (Å²) in [5.41, 5.74) is 8.48. The zero-order valence-corrected chi connectivity index (χ0v) is 32.6. The molecule has 272 valence electrons. The van der Waals surface area contributed by atoms with Gasteiger partial charge in [-0.15, -0.1) is 22.7 Å². The molecular weight excluding hydrogens is 749 g/mol. The van der Waals surface area contributed by atoms with Crippen LogP contribution in [0.15, 0.2) is 156 Å². The van der Waals surface area contributed by atoms with Gasteiger partial charge in [-0.1, -0.05) is 109 Å². The molecule has 0 atom stereocenters. The van der Waals surface area contributed by atoms with Gasteiger partial charge in [-0.2, -0.15) is 0 Å². The Kier molecular flexibility index (Phi) is 6.82. The number of para-hydroxylation sites is 1. The fraction of sp³-hybridized carbons (Fsp3) is 0.0392. The van der Waals surface area contributed by atoms with Gasteiger partial charge in [0, 0.05) is 84.4 Å². The zero-order chi connectivity index (χ0) is 37.9. The van der Waals surface area contributed by atoms with E-state index in [4.69, 9.17) is 19.4 Å². The Hall–Kier alpha value is -6.93. The standard InChI is InChI=1S/C51H30N4OS2/c1-3-13-29(14-4-1)49-52-50(30-15-5-2-6-16-30)54-51(53-49)37-28-31(27-36-46-43(58-47(36)37)26-25-41-45(46)35-19-8-11-21-40(35)56-41)55-38-20-10-7-18-34(38)44-39(55)24-23-33-32-17-9-12-22-42(32)57-48(33)44/h1-7,9-18,20-28H,8,19H2. The number of thiophene rings is 2. The first-order valence-electron chi connectivity index (χ1n) is 19.6. The van der Waals surface area contributed by atoms with Crippen LogP contribution in [0.5, 0.6) is 0 Å². The molecule has 0 bridgehead atoms. The number of hydrogen-bond donors (Lipinski definition) is 0. The van der Waals surface area contributed by atoms with E-state index in [0.29, 0.717) is 17.5 Å². The summed E-state index contributed by atoms with van der Waals surface area (Å²) in [5, 5.41) is 8.73. The maximum atomic E-state index is 6.53. The van der Waals surface area contributed by atoms with Crippen molar-refractivity contribution in [1.82, 2.24) is 19.5 Å². The van der Waals surface area contributed by atoms with Crippen molar-refractivity contribution in [1.29, 1.82) is 0 Å². The number of hydrogen-bond acceptors (Lipinski definition) is 6. The van der Waals surface area contributed by atoms with Crippen molar-refractivity contribution in [2.24, 2.45) is 0 Å². The molecule has 58 heavy (non-hydrogen) atoms. The van der Waals surface area contributed by atoms with E-state index in [0.717, 1.165) is 56.8 Å². The third-order valence-corrected chi connectivity index (χ3v) is 14.1. The van der Waals surface area contributed by atoms with E-state index in [1.54, 1.807) is 11.3 Å². The lowest BCUT2D eigenvalue weighted by Gasteiger charge is -2.13. The van der Waals surface area contributed by atoms with Crippen LogP contribution in [-0.2, 0) is 6.42 Å². The Labute approximate surface area is 339 Å². The average molecular weight is 779 g/mol. The van der Waals surface area contributed by atoms with E-state index in [2.05, 4.69) is 126 Å². The molecule has 0 N–H and O–H groups in total. The SMILES string of the molecule is C1=Cc2oc3ccc4sc5c(-c6nc(-c7ccccc7)nc(-c7ccccc7)n6)cc(-n6c7ccccc7c7c8sc9ccccc9c8ccc76)cc5c4c3c2CC1. The lowest BCUT2D eigenvalue weighted by molar-refractivity contribution is 0.595. The smallest absolute Gasteiger partial charge is 0.165 e. The Morgan fingerprint density at radius 2 is 1.22 bits per heavy atom. The van der Waals surface area contributed by atoms with Crippen LogP contribution >= 0.6 is 22.7 Å². The second-order valence-corrected chi connectivity index (χ2v) is 17.1. The molecule has 0 saturated heterocycles. The number of furan rings is 1. The molecule has 0 fully saturated rings. The van der Waals surface area contributed by atoms with Crippen molar-refractivity contribution in [3.63, 3.8) is 0 Å². The summed E-state index contributed by atoms with van der Waals surface area (Å²) in [7, 11) is 0.